The number of hydrogen-bond acceptors (Lipinski definition) is 3. The van der Waals surface area contributed by atoms with Gasteiger partial charge in [0, 0.05) is 10.6 Å². The molecule has 2 aromatic carbocycles. The van der Waals surface area contributed by atoms with Crippen LogP contribution in [0.4, 0.5) is 5.69 Å². The van der Waals surface area contributed by atoms with Gasteiger partial charge in [0.1, 0.15) is 5.71 Å². The minimum Gasteiger partial charge on any atom is -0.411 e. The van der Waals surface area contributed by atoms with Crippen molar-refractivity contribution in [2.24, 2.45) is 10.1 Å². The van der Waals surface area contributed by atoms with E-state index in [9.17, 15) is 0 Å². The second-order valence-corrected chi connectivity index (χ2v) is 4.42. The summed E-state index contributed by atoms with van der Waals surface area (Å²) in [7, 11) is 0. The van der Waals surface area contributed by atoms with Crippen molar-refractivity contribution in [2.75, 3.05) is 0 Å². The second-order valence-electron chi connectivity index (χ2n) is 3.99. The fourth-order valence-electron chi connectivity index (χ4n) is 1.64. The van der Waals surface area contributed by atoms with Gasteiger partial charge in [-0.2, -0.15) is 0 Å². The van der Waals surface area contributed by atoms with Crippen LogP contribution in [0.3, 0.4) is 0 Å². The molecule has 3 nitrogen and oxygen atoms in total. The molecule has 19 heavy (non-hydrogen) atoms. The molecule has 0 saturated carbocycles. The number of hydrogen-bond donors (Lipinski definition) is 1. The van der Waals surface area contributed by atoms with Crippen molar-refractivity contribution in [3.8, 4) is 0 Å². The third-order valence-corrected chi connectivity index (χ3v) is 2.86. The molecule has 0 bridgehead atoms. The Labute approximate surface area is 116 Å². The average molecular weight is 273 g/mol. The van der Waals surface area contributed by atoms with E-state index in [2.05, 4.69) is 10.1 Å². The van der Waals surface area contributed by atoms with Crippen LogP contribution in [-0.2, 0) is 0 Å². The van der Waals surface area contributed by atoms with Gasteiger partial charge in [0.05, 0.1) is 11.4 Å². The Balaban J connectivity index is 2.47. The molecule has 0 aromatic heterocycles. The molecule has 0 heterocycles. The Kier molecular flexibility index (Phi) is 4.31. The molecule has 2 rings (SSSR count). The molecule has 0 aliphatic heterocycles. The second kappa shape index (κ2) is 6.16. The molecule has 4 heteroatoms. The van der Waals surface area contributed by atoms with E-state index in [4.69, 9.17) is 16.8 Å². The van der Waals surface area contributed by atoms with E-state index in [0.29, 0.717) is 16.4 Å². The molecule has 0 unspecified atom stereocenters. The van der Waals surface area contributed by atoms with Crippen LogP contribution >= 0.6 is 11.6 Å². The van der Waals surface area contributed by atoms with Gasteiger partial charge in [-0.3, -0.25) is 0 Å². The monoisotopic (exact) mass is 272 g/mol. The van der Waals surface area contributed by atoms with Gasteiger partial charge in [-0.1, -0.05) is 47.1 Å². The van der Waals surface area contributed by atoms with Crippen LogP contribution in [0.15, 0.2) is 64.7 Å². The van der Waals surface area contributed by atoms with Crippen molar-refractivity contribution in [2.45, 2.75) is 6.92 Å². The lowest BCUT2D eigenvalue weighted by atomic mass is 10.1. The van der Waals surface area contributed by atoms with E-state index in [1.807, 2.05) is 42.5 Å². The number of nitrogens with zero attached hydrogens (tertiary/aromatic N) is 2. The van der Waals surface area contributed by atoms with E-state index in [-0.39, 0.29) is 0 Å². The third kappa shape index (κ3) is 3.42. The van der Waals surface area contributed by atoms with Gasteiger partial charge in [0.25, 0.3) is 0 Å². The lowest BCUT2D eigenvalue weighted by molar-refractivity contribution is 0.320. The first kappa shape index (κ1) is 13.3. The van der Waals surface area contributed by atoms with Gasteiger partial charge in [-0.15, -0.1) is 0 Å². The maximum atomic E-state index is 8.97. The first-order chi connectivity index (χ1) is 9.20. The van der Waals surface area contributed by atoms with Crippen LogP contribution in [0.25, 0.3) is 0 Å². The van der Waals surface area contributed by atoms with Gasteiger partial charge < -0.3 is 5.21 Å². The standard InChI is InChI=1S/C15H13ClN2O/c1-11(18-19)15(12-5-3-2-4-6-12)17-14-9-7-13(16)8-10-14/h2-10,19H,1H3/b17-15?,18-11-. The van der Waals surface area contributed by atoms with Gasteiger partial charge in [0.2, 0.25) is 0 Å². The fraction of sp³-hybridized carbons (Fsp3) is 0.0667. The maximum Gasteiger partial charge on any atom is 0.103 e. The summed E-state index contributed by atoms with van der Waals surface area (Å²) in [6.07, 6.45) is 0. The Morgan fingerprint density at radius 3 is 2.21 bits per heavy atom. The first-order valence-electron chi connectivity index (χ1n) is 5.79. The molecular formula is C15H13ClN2O. The van der Waals surface area contributed by atoms with Gasteiger partial charge in [0.15, 0.2) is 0 Å². The zero-order valence-corrected chi connectivity index (χ0v) is 11.2. The zero-order valence-electron chi connectivity index (χ0n) is 10.4. The van der Waals surface area contributed by atoms with Crippen molar-refractivity contribution < 1.29 is 5.21 Å². The topological polar surface area (TPSA) is 45.0 Å². The molecule has 1 N–H and O–H groups in total. The van der Waals surface area contributed by atoms with Crippen LogP contribution < -0.4 is 0 Å². The van der Waals surface area contributed by atoms with Crippen LogP contribution in [0.2, 0.25) is 5.02 Å². The van der Waals surface area contributed by atoms with Gasteiger partial charge >= 0.3 is 0 Å². The molecule has 0 saturated heterocycles. The number of rotatable bonds is 3. The van der Waals surface area contributed by atoms with Crippen LogP contribution in [0.1, 0.15) is 12.5 Å². The molecule has 2 aromatic rings. The molecule has 0 amide bonds. The normalized spacial score (nSPS) is 12.5. The van der Waals surface area contributed by atoms with Crippen molar-refractivity contribution >= 4 is 28.7 Å². The Morgan fingerprint density at radius 2 is 1.63 bits per heavy atom. The van der Waals surface area contributed by atoms with Gasteiger partial charge in [-0.05, 0) is 31.2 Å². The molecule has 0 atom stereocenters. The van der Waals surface area contributed by atoms with Crippen molar-refractivity contribution in [1.82, 2.24) is 0 Å². The number of aliphatic imine (C=N–C) groups is 1. The molecule has 0 aliphatic carbocycles. The van der Waals surface area contributed by atoms with Crippen molar-refractivity contribution in [3.63, 3.8) is 0 Å². The smallest absolute Gasteiger partial charge is 0.103 e. The highest BCUT2D eigenvalue weighted by atomic mass is 35.5. The van der Waals surface area contributed by atoms with Crippen LogP contribution in [0, 0.1) is 0 Å². The van der Waals surface area contributed by atoms with Crippen molar-refractivity contribution in [3.05, 3.63) is 65.2 Å². The summed E-state index contributed by atoms with van der Waals surface area (Å²) in [5.74, 6) is 0. The Hall–Kier alpha value is -2.13. The Morgan fingerprint density at radius 1 is 1.00 bits per heavy atom. The summed E-state index contributed by atoms with van der Waals surface area (Å²) in [5.41, 5.74) is 2.74. The average Bonchev–Trinajstić information content (AvgIpc) is 2.47. The maximum absolute atomic E-state index is 8.97. The SMILES string of the molecule is C/C(=N/O)C(=Nc1ccc(Cl)cc1)c1ccccc1. The minimum atomic E-state index is 0.459. The van der Waals surface area contributed by atoms with E-state index in [1.54, 1.807) is 19.1 Å². The quantitative estimate of drug-likeness (QED) is 0.505. The predicted molar refractivity (Wildman–Crippen MR) is 79.0 cm³/mol. The minimum absolute atomic E-state index is 0.459. The molecule has 0 aliphatic rings. The van der Waals surface area contributed by atoms with E-state index >= 15 is 0 Å². The molecule has 0 radical (unpaired) electrons. The Bertz CT molecular complexity index is 604. The summed E-state index contributed by atoms with van der Waals surface area (Å²) in [6, 6.07) is 16.8. The largest absolute Gasteiger partial charge is 0.411 e. The fourth-order valence-corrected chi connectivity index (χ4v) is 1.77. The predicted octanol–water partition coefficient (Wildman–Crippen LogP) is 4.31. The molecule has 96 valence electrons. The number of halogens is 1. The summed E-state index contributed by atoms with van der Waals surface area (Å²) in [4.78, 5) is 4.51. The summed E-state index contributed by atoms with van der Waals surface area (Å²) >= 11 is 5.84. The summed E-state index contributed by atoms with van der Waals surface area (Å²) < 4.78 is 0. The molecule has 0 spiro atoms. The van der Waals surface area contributed by atoms with Crippen LogP contribution in [-0.4, -0.2) is 16.6 Å². The summed E-state index contributed by atoms with van der Waals surface area (Å²) in [5, 5.41) is 12.9. The highest BCUT2D eigenvalue weighted by Gasteiger charge is 2.08. The van der Waals surface area contributed by atoms with E-state index in [0.717, 1.165) is 11.3 Å². The lowest BCUT2D eigenvalue weighted by Gasteiger charge is -2.05. The third-order valence-electron chi connectivity index (χ3n) is 2.61. The number of benzene rings is 2. The molecular weight excluding hydrogens is 260 g/mol. The van der Waals surface area contributed by atoms with Gasteiger partial charge in [-0.25, -0.2) is 4.99 Å². The number of oxime groups is 1. The summed E-state index contributed by atoms with van der Waals surface area (Å²) in [6.45, 7) is 1.71. The highest BCUT2D eigenvalue weighted by Crippen LogP contribution is 2.18. The molecule has 0 fully saturated rings. The van der Waals surface area contributed by atoms with Crippen molar-refractivity contribution in [1.29, 1.82) is 0 Å². The first-order valence-corrected chi connectivity index (χ1v) is 6.17. The zero-order chi connectivity index (χ0) is 13.7. The van der Waals surface area contributed by atoms with Crippen LogP contribution in [0.5, 0.6) is 0 Å². The van der Waals surface area contributed by atoms with E-state index in [1.165, 1.54) is 0 Å². The highest BCUT2D eigenvalue weighted by molar-refractivity contribution is 6.47. The lowest BCUT2D eigenvalue weighted by Crippen LogP contribution is -2.11. The van der Waals surface area contributed by atoms with E-state index < -0.39 is 0 Å².